The lowest BCUT2D eigenvalue weighted by atomic mass is 10.0. The predicted octanol–water partition coefficient (Wildman–Crippen LogP) is 7.82. The van der Waals surface area contributed by atoms with Gasteiger partial charge in [0.2, 0.25) is 0 Å². The SMILES string of the molecule is Cc1ccnc(C(C)C)c1-n1c(=O)c(S(C)(=O)=O)c(N2CCN(C(=O)OC(C)(C)C)[C@H](C)C2)c2cc(F)c(-c3cccc4sc(NC(=O)OC(C)(C)C)nc34)nc21. The largest absolute Gasteiger partial charge is 0.444 e. The van der Waals surface area contributed by atoms with E-state index in [2.05, 4.69) is 15.3 Å². The first kappa shape index (κ1) is 41.5. The molecule has 5 heterocycles. The van der Waals surface area contributed by atoms with Crippen LogP contribution in [-0.4, -0.2) is 88.2 Å². The number of halogens is 1. The molecule has 1 aliphatic rings. The van der Waals surface area contributed by atoms with E-state index in [0.29, 0.717) is 27.2 Å². The number of aromatic nitrogens is 4. The average molecular weight is 822 g/mol. The van der Waals surface area contributed by atoms with E-state index in [0.717, 1.165) is 17.6 Å². The maximum atomic E-state index is 16.9. The minimum Gasteiger partial charge on any atom is -0.444 e. The highest BCUT2D eigenvalue weighted by atomic mass is 32.2. The van der Waals surface area contributed by atoms with Gasteiger partial charge in [-0.05, 0) is 85.1 Å². The Morgan fingerprint density at radius 3 is 2.32 bits per heavy atom. The van der Waals surface area contributed by atoms with Gasteiger partial charge < -0.3 is 19.3 Å². The topological polar surface area (TPSA) is 166 Å². The van der Waals surface area contributed by atoms with Crippen LogP contribution in [0.15, 0.2) is 46.2 Å². The number of pyridine rings is 3. The molecule has 14 nitrogen and oxygen atoms in total. The quantitative estimate of drug-likeness (QED) is 0.177. The number of para-hydroxylation sites is 1. The molecule has 17 heteroatoms. The second kappa shape index (κ2) is 15.0. The van der Waals surface area contributed by atoms with E-state index in [1.807, 2.05) is 13.8 Å². The van der Waals surface area contributed by atoms with Gasteiger partial charge in [-0.2, -0.15) is 0 Å². The van der Waals surface area contributed by atoms with Crippen LogP contribution in [0.5, 0.6) is 0 Å². The minimum absolute atomic E-state index is 0.00152. The zero-order valence-corrected chi connectivity index (χ0v) is 35.6. The summed E-state index contributed by atoms with van der Waals surface area (Å²) in [5.74, 6) is -1.01. The van der Waals surface area contributed by atoms with Crippen LogP contribution in [0.25, 0.3) is 38.2 Å². The van der Waals surface area contributed by atoms with Crippen molar-refractivity contribution in [3.63, 3.8) is 0 Å². The van der Waals surface area contributed by atoms with Gasteiger partial charge in [0, 0.05) is 49.1 Å². The number of anilines is 2. The lowest BCUT2D eigenvalue weighted by Crippen LogP contribution is -2.55. The second-order valence-corrected chi connectivity index (χ2v) is 19.5. The number of rotatable bonds is 6. The molecule has 1 saturated heterocycles. The number of carbonyl (C=O) groups excluding carboxylic acids is 2. The number of hydrogen-bond acceptors (Lipinski definition) is 12. The summed E-state index contributed by atoms with van der Waals surface area (Å²) in [6, 6.07) is 7.55. The molecule has 1 aliphatic heterocycles. The first-order chi connectivity index (χ1) is 26.4. The van der Waals surface area contributed by atoms with Crippen LogP contribution in [0.3, 0.4) is 0 Å². The molecule has 1 atom stereocenters. The number of thiazole rings is 1. The summed E-state index contributed by atoms with van der Waals surface area (Å²) in [5.41, 5.74) is -0.433. The summed E-state index contributed by atoms with van der Waals surface area (Å²) >= 11 is 1.16. The van der Waals surface area contributed by atoms with Gasteiger partial charge in [-0.1, -0.05) is 37.3 Å². The van der Waals surface area contributed by atoms with E-state index in [4.69, 9.17) is 14.5 Å². The maximum Gasteiger partial charge on any atom is 0.413 e. The number of fused-ring (bicyclic) bond motifs is 2. The van der Waals surface area contributed by atoms with Crippen molar-refractivity contribution in [2.45, 2.75) is 97.3 Å². The highest BCUT2D eigenvalue weighted by molar-refractivity contribution is 7.90. The van der Waals surface area contributed by atoms with Gasteiger partial charge in [-0.25, -0.2) is 32.4 Å². The highest BCUT2D eigenvalue weighted by Crippen LogP contribution is 2.40. The summed E-state index contributed by atoms with van der Waals surface area (Å²) in [5, 5.41) is 2.94. The molecular formula is C40H48FN7O7S2. The normalized spacial score (nSPS) is 15.4. The number of ether oxygens (including phenoxy) is 2. The number of benzene rings is 1. The van der Waals surface area contributed by atoms with Gasteiger partial charge in [0.15, 0.2) is 25.5 Å². The van der Waals surface area contributed by atoms with E-state index in [9.17, 15) is 18.0 Å². The Morgan fingerprint density at radius 1 is 1.02 bits per heavy atom. The van der Waals surface area contributed by atoms with E-state index < -0.39 is 55.5 Å². The van der Waals surface area contributed by atoms with Gasteiger partial charge in [-0.15, -0.1) is 0 Å². The molecule has 0 spiro atoms. The standard InChI is InChI=1S/C40H48FN7O7S2/c1-21(2)28-31(22(3)15-16-42-28)48-34-25(32(33(35(48)49)57(11,52)53)46-17-18-47(23(4)20-46)38(51)55-40(8,9)10)19-26(41)29(43-34)24-13-12-14-27-30(24)44-36(56-27)45-37(50)54-39(5,6)7/h12-16,19,21,23H,17-18,20H2,1-11H3,(H,44,45,50)/t23-/m1/s1. The number of aryl methyl sites for hydroxylation is 1. The number of nitrogens with one attached hydrogen (secondary N) is 1. The van der Waals surface area contributed by atoms with Crippen molar-refractivity contribution in [3.8, 4) is 16.9 Å². The summed E-state index contributed by atoms with van der Waals surface area (Å²) in [7, 11) is -4.28. The van der Waals surface area contributed by atoms with Crippen molar-refractivity contribution in [1.82, 2.24) is 24.4 Å². The number of carbonyl (C=O) groups is 2. The Balaban J connectivity index is 1.63. The van der Waals surface area contributed by atoms with Gasteiger partial charge in [0.1, 0.15) is 22.7 Å². The van der Waals surface area contributed by atoms with Crippen LogP contribution < -0.4 is 15.8 Å². The Hall–Kier alpha value is -5.16. The molecule has 1 fully saturated rings. The fourth-order valence-corrected chi connectivity index (χ4v) is 8.79. The molecule has 0 bridgehead atoms. The van der Waals surface area contributed by atoms with Gasteiger partial charge in [-0.3, -0.25) is 19.7 Å². The first-order valence-corrected chi connectivity index (χ1v) is 21.3. The smallest absolute Gasteiger partial charge is 0.413 e. The molecular weight excluding hydrogens is 774 g/mol. The maximum absolute atomic E-state index is 16.9. The molecule has 5 aromatic rings. The minimum atomic E-state index is -4.28. The Kier molecular flexibility index (Phi) is 10.9. The molecule has 1 aromatic carbocycles. The molecule has 4 aromatic heterocycles. The zero-order chi connectivity index (χ0) is 41.9. The van der Waals surface area contributed by atoms with Gasteiger partial charge in [0.05, 0.1) is 27.3 Å². The molecule has 2 amide bonds. The molecule has 6 rings (SSSR count). The Bertz CT molecular complexity index is 2590. The van der Waals surface area contributed by atoms with Crippen molar-refractivity contribution in [3.05, 3.63) is 64.0 Å². The zero-order valence-electron chi connectivity index (χ0n) is 34.0. The third-order valence-corrected chi connectivity index (χ3v) is 11.2. The van der Waals surface area contributed by atoms with E-state index in [1.54, 1.807) is 95.7 Å². The number of nitrogens with zero attached hydrogens (tertiary/aromatic N) is 6. The van der Waals surface area contributed by atoms with Crippen LogP contribution in [0.4, 0.5) is 24.8 Å². The Morgan fingerprint density at radius 2 is 1.70 bits per heavy atom. The van der Waals surface area contributed by atoms with Crippen LogP contribution in [0, 0.1) is 12.7 Å². The molecule has 0 unspecified atom stereocenters. The third-order valence-electron chi connectivity index (χ3n) is 9.18. The van der Waals surface area contributed by atoms with Crippen LogP contribution in [-0.2, 0) is 19.3 Å². The van der Waals surface area contributed by atoms with Gasteiger partial charge in [0.25, 0.3) is 5.56 Å². The van der Waals surface area contributed by atoms with Crippen molar-refractivity contribution < 1.29 is 31.9 Å². The molecule has 0 aliphatic carbocycles. The molecule has 0 radical (unpaired) electrons. The fourth-order valence-electron chi connectivity index (χ4n) is 6.91. The van der Waals surface area contributed by atoms with E-state index in [-0.39, 0.29) is 58.7 Å². The number of hydrogen-bond donors (Lipinski definition) is 1. The van der Waals surface area contributed by atoms with E-state index >= 15 is 9.18 Å². The van der Waals surface area contributed by atoms with Crippen LogP contribution in [0.2, 0.25) is 0 Å². The highest BCUT2D eigenvalue weighted by Gasteiger charge is 2.36. The van der Waals surface area contributed by atoms with Gasteiger partial charge >= 0.3 is 12.2 Å². The van der Waals surface area contributed by atoms with Crippen molar-refractivity contribution in [1.29, 1.82) is 0 Å². The van der Waals surface area contributed by atoms with Crippen LogP contribution >= 0.6 is 11.3 Å². The second-order valence-electron chi connectivity index (χ2n) is 16.6. The summed E-state index contributed by atoms with van der Waals surface area (Å²) in [6.07, 6.45) is 1.34. The lowest BCUT2D eigenvalue weighted by molar-refractivity contribution is 0.0158. The number of amides is 2. The first-order valence-electron chi connectivity index (χ1n) is 18.5. The third kappa shape index (κ3) is 8.44. The number of sulfone groups is 1. The molecule has 0 saturated carbocycles. The Labute approximate surface area is 335 Å². The van der Waals surface area contributed by atoms with Crippen molar-refractivity contribution in [2.75, 3.05) is 36.1 Å². The average Bonchev–Trinajstić information content (AvgIpc) is 3.48. The molecule has 304 valence electrons. The summed E-state index contributed by atoms with van der Waals surface area (Å²) in [4.78, 5) is 57.6. The molecule has 1 N–H and O–H groups in total. The number of piperazine rings is 1. The fraction of sp³-hybridized carbons (Fsp3) is 0.450. The van der Waals surface area contributed by atoms with Crippen molar-refractivity contribution in [2.24, 2.45) is 0 Å². The molecule has 57 heavy (non-hydrogen) atoms. The van der Waals surface area contributed by atoms with Crippen LogP contribution in [0.1, 0.15) is 79.5 Å². The summed E-state index contributed by atoms with van der Waals surface area (Å²) < 4.78 is 57.5. The van der Waals surface area contributed by atoms with E-state index in [1.165, 1.54) is 10.6 Å². The monoisotopic (exact) mass is 821 g/mol. The van der Waals surface area contributed by atoms with Crippen molar-refractivity contribution >= 4 is 65.4 Å². The lowest BCUT2D eigenvalue weighted by Gasteiger charge is -2.42. The predicted molar refractivity (Wildman–Crippen MR) is 220 cm³/mol. The summed E-state index contributed by atoms with van der Waals surface area (Å²) in [6.45, 7) is 18.3.